The molecule has 3 aromatic carbocycles. The predicted molar refractivity (Wildman–Crippen MR) is 124 cm³/mol. The number of hydrogen-bond acceptors (Lipinski definition) is 4. The number of amides is 2. The number of rotatable bonds is 3. The summed E-state index contributed by atoms with van der Waals surface area (Å²) < 4.78 is 10.9. The molecule has 3 aliphatic heterocycles. The SMILES string of the molecule is O=C(c1cccc2ccccc12)N1CC[C@H]2[C@H](CCC(=O)N2Cc2ccc3c(c2)OCO3)C1. The molecule has 6 rings (SSSR count). The molecule has 0 bridgehead atoms. The van der Waals surface area contributed by atoms with Gasteiger partial charge in [0.05, 0.1) is 0 Å². The van der Waals surface area contributed by atoms with Crippen molar-refractivity contribution in [1.29, 1.82) is 0 Å². The van der Waals surface area contributed by atoms with E-state index in [2.05, 4.69) is 0 Å². The molecule has 0 saturated carbocycles. The van der Waals surface area contributed by atoms with Gasteiger partial charge in [0.15, 0.2) is 11.5 Å². The molecule has 0 unspecified atom stereocenters. The first kappa shape index (κ1) is 20.1. The minimum absolute atomic E-state index is 0.0875. The fraction of sp³-hybridized carbons (Fsp3) is 0.333. The summed E-state index contributed by atoms with van der Waals surface area (Å²) in [6.07, 6.45) is 2.17. The monoisotopic (exact) mass is 442 g/mol. The van der Waals surface area contributed by atoms with Crippen LogP contribution in [-0.2, 0) is 11.3 Å². The highest BCUT2D eigenvalue weighted by atomic mass is 16.7. The van der Waals surface area contributed by atoms with E-state index in [1.807, 2.05) is 70.5 Å². The number of piperidine rings is 2. The van der Waals surface area contributed by atoms with Crippen molar-refractivity contribution in [3.05, 3.63) is 71.8 Å². The number of hydrogen-bond donors (Lipinski definition) is 0. The van der Waals surface area contributed by atoms with Crippen molar-refractivity contribution in [3.63, 3.8) is 0 Å². The lowest BCUT2D eigenvalue weighted by Crippen LogP contribution is -2.56. The van der Waals surface area contributed by atoms with Crippen LogP contribution in [0.15, 0.2) is 60.7 Å². The van der Waals surface area contributed by atoms with Crippen molar-refractivity contribution in [2.75, 3.05) is 19.9 Å². The van der Waals surface area contributed by atoms with E-state index in [9.17, 15) is 9.59 Å². The maximum Gasteiger partial charge on any atom is 0.254 e. The van der Waals surface area contributed by atoms with E-state index < -0.39 is 0 Å². The van der Waals surface area contributed by atoms with Crippen molar-refractivity contribution < 1.29 is 19.1 Å². The Balaban J connectivity index is 1.20. The van der Waals surface area contributed by atoms with Crippen molar-refractivity contribution in [2.45, 2.75) is 31.8 Å². The molecule has 6 heteroatoms. The normalized spacial score (nSPS) is 21.9. The number of carbonyl (C=O) groups excluding carboxylic acids is 2. The molecule has 6 nitrogen and oxygen atoms in total. The van der Waals surface area contributed by atoms with E-state index >= 15 is 0 Å². The molecule has 2 amide bonds. The summed E-state index contributed by atoms with van der Waals surface area (Å²) in [6, 6.07) is 20.0. The quantitative estimate of drug-likeness (QED) is 0.609. The molecule has 168 valence electrons. The third kappa shape index (κ3) is 3.59. The van der Waals surface area contributed by atoms with Gasteiger partial charge in [0.2, 0.25) is 12.7 Å². The number of benzene rings is 3. The second kappa shape index (κ2) is 8.10. The van der Waals surface area contributed by atoms with Gasteiger partial charge >= 0.3 is 0 Å². The maximum absolute atomic E-state index is 13.5. The zero-order valence-electron chi connectivity index (χ0n) is 18.4. The van der Waals surface area contributed by atoms with Crippen LogP contribution in [0.4, 0.5) is 0 Å². The Morgan fingerprint density at radius 2 is 1.82 bits per heavy atom. The van der Waals surface area contributed by atoms with Crippen molar-refractivity contribution >= 4 is 22.6 Å². The van der Waals surface area contributed by atoms with E-state index in [1.54, 1.807) is 0 Å². The van der Waals surface area contributed by atoms with Crippen LogP contribution in [0.25, 0.3) is 10.8 Å². The van der Waals surface area contributed by atoms with E-state index in [1.165, 1.54) is 0 Å². The summed E-state index contributed by atoms with van der Waals surface area (Å²) in [4.78, 5) is 30.3. The molecule has 0 N–H and O–H groups in total. The smallest absolute Gasteiger partial charge is 0.254 e. The molecule has 3 heterocycles. The van der Waals surface area contributed by atoms with Gasteiger partial charge in [-0.3, -0.25) is 9.59 Å². The lowest BCUT2D eigenvalue weighted by molar-refractivity contribution is -0.141. The van der Waals surface area contributed by atoms with Gasteiger partial charge in [-0.1, -0.05) is 42.5 Å². The maximum atomic E-state index is 13.5. The molecule has 2 atom stereocenters. The average molecular weight is 443 g/mol. The van der Waals surface area contributed by atoms with E-state index in [4.69, 9.17) is 9.47 Å². The summed E-state index contributed by atoms with van der Waals surface area (Å²) in [6.45, 7) is 2.16. The molecule has 2 saturated heterocycles. The Hall–Kier alpha value is -3.54. The fourth-order valence-electron chi connectivity index (χ4n) is 5.56. The van der Waals surface area contributed by atoms with Gasteiger partial charge in [-0.15, -0.1) is 0 Å². The van der Waals surface area contributed by atoms with Crippen LogP contribution in [0.3, 0.4) is 0 Å². The summed E-state index contributed by atoms with van der Waals surface area (Å²) >= 11 is 0. The largest absolute Gasteiger partial charge is 0.454 e. The molecule has 2 fully saturated rings. The summed E-state index contributed by atoms with van der Waals surface area (Å²) in [7, 11) is 0. The molecule has 0 spiro atoms. The minimum Gasteiger partial charge on any atom is -0.454 e. The zero-order valence-corrected chi connectivity index (χ0v) is 18.4. The van der Waals surface area contributed by atoms with Gasteiger partial charge in [-0.2, -0.15) is 0 Å². The molecule has 0 radical (unpaired) electrons. The minimum atomic E-state index is 0.0875. The fourth-order valence-corrected chi connectivity index (χ4v) is 5.56. The van der Waals surface area contributed by atoms with E-state index in [0.717, 1.165) is 46.2 Å². The third-order valence-corrected chi connectivity index (χ3v) is 7.24. The number of nitrogens with zero attached hydrogens (tertiary/aromatic N) is 2. The van der Waals surface area contributed by atoms with Gasteiger partial charge in [-0.05, 0) is 53.3 Å². The first-order valence-electron chi connectivity index (χ1n) is 11.6. The molecule has 33 heavy (non-hydrogen) atoms. The molecule has 0 aromatic heterocycles. The molecule has 0 aliphatic carbocycles. The average Bonchev–Trinajstić information content (AvgIpc) is 3.33. The lowest BCUT2D eigenvalue weighted by atomic mass is 9.83. The van der Waals surface area contributed by atoms with Crippen molar-refractivity contribution in [1.82, 2.24) is 9.80 Å². The first-order valence-corrected chi connectivity index (χ1v) is 11.6. The van der Waals surface area contributed by atoms with Crippen LogP contribution < -0.4 is 9.47 Å². The van der Waals surface area contributed by atoms with Gasteiger partial charge in [0, 0.05) is 37.7 Å². The standard InChI is InChI=1S/C27H26N2O4/c30-26-11-9-20-16-28(27(31)22-7-3-5-19-4-1-2-6-21(19)22)13-12-23(20)29(26)15-18-8-10-24-25(14-18)33-17-32-24/h1-8,10,14,20,23H,9,11-13,15-17H2/t20-,23+/m1/s1. The highest BCUT2D eigenvalue weighted by Gasteiger charge is 2.40. The molecule has 3 aromatic rings. The Bertz CT molecular complexity index is 1230. The molecular formula is C27H26N2O4. The Morgan fingerprint density at radius 3 is 2.76 bits per heavy atom. The van der Waals surface area contributed by atoms with Crippen molar-refractivity contribution in [2.24, 2.45) is 5.92 Å². The highest BCUT2D eigenvalue weighted by Crippen LogP contribution is 2.36. The number of carbonyl (C=O) groups is 2. The van der Waals surface area contributed by atoms with Crippen LogP contribution >= 0.6 is 0 Å². The zero-order chi connectivity index (χ0) is 22.4. The third-order valence-electron chi connectivity index (χ3n) is 7.24. The van der Waals surface area contributed by atoms with Gasteiger partial charge in [0.25, 0.3) is 5.91 Å². The molecule has 3 aliphatic rings. The van der Waals surface area contributed by atoms with Crippen LogP contribution in [0.1, 0.15) is 35.2 Å². The van der Waals surface area contributed by atoms with Crippen LogP contribution in [0.5, 0.6) is 11.5 Å². The lowest BCUT2D eigenvalue weighted by Gasteiger charge is -2.47. The van der Waals surface area contributed by atoms with Crippen LogP contribution in [0, 0.1) is 5.92 Å². The second-order valence-corrected chi connectivity index (χ2v) is 9.14. The number of ether oxygens (including phenoxy) is 2. The van der Waals surface area contributed by atoms with Gasteiger partial charge < -0.3 is 19.3 Å². The number of likely N-dealkylation sites (tertiary alicyclic amines) is 2. The Kier molecular flexibility index (Phi) is 4.93. The highest BCUT2D eigenvalue weighted by molar-refractivity contribution is 6.07. The van der Waals surface area contributed by atoms with Gasteiger partial charge in [0.1, 0.15) is 0 Å². The summed E-state index contributed by atoms with van der Waals surface area (Å²) in [5.41, 5.74) is 1.80. The van der Waals surface area contributed by atoms with Crippen LogP contribution in [0.2, 0.25) is 0 Å². The Morgan fingerprint density at radius 1 is 0.970 bits per heavy atom. The summed E-state index contributed by atoms with van der Waals surface area (Å²) in [5.74, 6) is 2.07. The summed E-state index contributed by atoms with van der Waals surface area (Å²) in [5, 5.41) is 2.08. The Labute approximate surface area is 192 Å². The van der Waals surface area contributed by atoms with Crippen LogP contribution in [-0.4, -0.2) is 47.5 Å². The van der Waals surface area contributed by atoms with E-state index in [0.29, 0.717) is 32.0 Å². The van der Waals surface area contributed by atoms with E-state index in [-0.39, 0.29) is 24.6 Å². The topological polar surface area (TPSA) is 59.1 Å². The van der Waals surface area contributed by atoms with Crippen molar-refractivity contribution in [3.8, 4) is 11.5 Å². The number of fused-ring (bicyclic) bond motifs is 3. The second-order valence-electron chi connectivity index (χ2n) is 9.14. The predicted octanol–water partition coefficient (Wildman–Crippen LogP) is 4.22. The van der Waals surface area contributed by atoms with Gasteiger partial charge in [-0.25, -0.2) is 0 Å². The molecular weight excluding hydrogens is 416 g/mol. The first-order chi connectivity index (χ1) is 16.2.